The fourth-order valence-electron chi connectivity index (χ4n) is 2.52. The predicted octanol–water partition coefficient (Wildman–Crippen LogP) is 4.20. The number of hydrogen-bond donors (Lipinski definition) is 1. The molecule has 0 aliphatic rings. The fraction of sp³-hybridized carbons (Fsp3) is 0.105. The van der Waals surface area contributed by atoms with Gasteiger partial charge in [0.25, 0.3) is 0 Å². The second-order valence-electron chi connectivity index (χ2n) is 5.69. The number of nitrogens with one attached hydrogen (secondary N) is 1. The number of anilines is 2. The van der Waals surface area contributed by atoms with Gasteiger partial charge >= 0.3 is 0 Å². The standard InChI is InChI=1S/C19H17N5OS/c1-25-17-9-7-14(8-10-17)12-24-13-15(11-20-24)18-22-19(26-23-18)21-16-5-3-2-4-6-16/h2-11,13H,12H2,1H3,(H,21,22,23). The Morgan fingerprint density at radius 2 is 1.88 bits per heavy atom. The Hall–Kier alpha value is -3.19. The summed E-state index contributed by atoms with van der Waals surface area (Å²) < 4.78 is 11.5. The molecule has 7 heteroatoms. The highest BCUT2D eigenvalue weighted by Gasteiger charge is 2.09. The average molecular weight is 363 g/mol. The van der Waals surface area contributed by atoms with Crippen molar-refractivity contribution in [2.75, 3.05) is 12.4 Å². The molecule has 2 aromatic heterocycles. The Bertz CT molecular complexity index is 979. The second-order valence-corrected chi connectivity index (χ2v) is 6.44. The number of hydrogen-bond acceptors (Lipinski definition) is 6. The van der Waals surface area contributed by atoms with Gasteiger partial charge in [-0.2, -0.15) is 14.5 Å². The van der Waals surface area contributed by atoms with Gasteiger partial charge < -0.3 is 10.1 Å². The third kappa shape index (κ3) is 3.73. The number of ether oxygens (including phenoxy) is 1. The zero-order valence-electron chi connectivity index (χ0n) is 14.2. The van der Waals surface area contributed by atoms with Crippen molar-refractivity contribution in [2.24, 2.45) is 0 Å². The molecule has 26 heavy (non-hydrogen) atoms. The number of nitrogens with zero attached hydrogens (tertiary/aromatic N) is 4. The Kier molecular flexibility index (Phi) is 4.61. The zero-order valence-corrected chi connectivity index (χ0v) is 15.0. The summed E-state index contributed by atoms with van der Waals surface area (Å²) in [5.74, 6) is 1.52. The molecule has 0 atom stereocenters. The molecular formula is C19H17N5OS. The van der Waals surface area contributed by atoms with Crippen molar-refractivity contribution in [1.29, 1.82) is 0 Å². The first-order chi connectivity index (χ1) is 12.8. The Morgan fingerprint density at radius 3 is 2.65 bits per heavy atom. The molecule has 2 aromatic carbocycles. The number of para-hydroxylation sites is 1. The summed E-state index contributed by atoms with van der Waals surface area (Å²) in [6, 6.07) is 17.9. The van der Waals surface area contributed by atoms with E-state index in [1.165, 1.54) is 11.5 Å². The highest BCUT2D eigenvalue weighted by Crippen LogP contribution is 2.23. The van der Waals surface area contributed by atoms with Gasteiger partial charge in [0.1, 0.15) is 5.75 Å². The van der Waals surface area contributed by atoms with E-state index in [1.807, 2.05) is 65.5 Å². The minimum absolute atomic E-state index is 0.675. The van der Waals surface area contributed by atoms with Gasteiger partial charge in [-0.15, -0.1) is 0 Å². The van der Waals surface area contributed by atoms with Crippen molar-refractivity contribution >= 4 is 22.4 Å². The lowest BCUT2D eigenvalue weighted by molar-refractivity contribution is 0.414. The van der Waals surface area contributed by atoms with Gasteiger partial charge in [0.2, 0.25) is 5.13 Å². The normalized spacial score (nSPS) is 10.7. The molecule has 6 nitrogen and oxygen atoms in total. The van der Waals surface area contributed by atoms with Crippen LogP contribution in [0.3, 0.4) is 0 Å². The van der Waals surface area contributed by atoms with E-state index in [-0.39, 0.29) is 0 Å². The molecule has 4 rings (SSSR count). The van der Waals surface area contributed by atoms with Crippen molar-refractivity contribution in [3.8, 4) is 17.1 Å². The molecule has 0 bridgehead atoms. The number of methoxy groups -OCH3 is 1. The molecule has 0 saturated carbocycles. The van der Waals surface area contributed by atoms with E-state index in [9.17, 15) is 0 Å². The van der Waals surface area contributed by atoms with Crippen molar-refractivity contribution in [3.63, 3.8) is 0 Å². The van der Waals surface area contributed by atoms with Crippen LogP contribution in [0.1, 0.15) is 5.56 Å². The number of aromatic nitrogens is 4. The summed E-state index contributed by atoms with van der Waals surface area (Å²) in [7, 11) is 1.66. The maximum absolute atomic E-state index is 5.18. The van der Waals surface area contributed by atoms with Crippen molar-refractivity contribution < 1.29 is 4.74 Å². The number of rotatable bonds is 6. The van der Waals surface area contributed by atoms with Crippen LogP contribution in [-0.4, -0.2) is 26.2 Å². The second kappa shape index (κ2) is 7.37. The average Bonchev–Trinajstić information content (AvgIpc) is 3.33. The van der Waals surface area contributed by atoms with Crippen LogP contribution < -0.4 is 10.1 Å². The third-order valence-corrected chi connectivity index (χ3v) is 4.48. The van der Waals surface area contributed by atoms with Gasteiger partial charge in [0.05, 0.1) is 25.4 Å². The molecule has 0 radical (unpaired) electrons. The SMILES string of the molecule is COc1ccc(Cn2cc(-c3nsc(Nc4ccccc4)n3)cn2)cc1. The van der Waals surface area contributed by atoms with Gasteiger partial charge in [0, 0.05) is 23.4 Å². The summed E-state index contributed by atoms with van der Waals surface area (Å²) in [6.07, 6.45) is 3.75. The van der Waals surface area contributed by atoms with E-state index in [4.69, 9.17) is 4.74 Å². The summed E-state index contributed by atoms with van der Waals surface area (Å²) in [4.78, 5) is 4.55. The van der Waals surface area contributed by atoms with E-state index in [2.05, 4.69) is 19.8 Å². The topological polar surface area (TPSA) is 64.9 Å². The molecule has 0 saturated heterocycles. The molecule has 0 unspecified atom stereocenters. The first kappa shape index (κ1) is 16.3. The maximum Gasteiger partial charge on any atom is 0.207 e. The van der Waals surface area contributed by atoms with Crippen LogP contribution in [0.25, 0.3) is 11.4 Å². The molecule has 0 aliphatic heterocycles. The zero-order chi connectivity index (χ0) is 17.8. The lowest BCUT2D eigenvalue weighted by Gasteiger charge is -2.03. The third-order valence-electron chi connectivity index (χ3n) is 3.85. The monoisotopic (exact) mass is 363 g/mol. The minimum Gasteiger partial charge on any atom is -0.497 e. The molecule has 130 valence electrons. The predicted molar refractivity (Wildman–Crippen MR) is 103 cm³/mol. The highest BCUT2D eigenvalue weighted by atomic mass is 32.1. The molecule has 0 aliphatic carbocycles. The van der Waals surface area contributed by atoms with E-state index < -0.39 is 0 Å². The smallest absolute Gasteiger partial charge is 0.207 e. The lowest BCUT2D eigenvalue weighted by atomic mass is 10.2. The Morgan fingerprint density at radius 1 is 1.08 bits per heavy atom. The Balaban J connectivity index is 1.45. The van der Waals surface area contributed by atoms with Crippen LogP contribution in [0.15, 0.2) is 67.0 Å². The summed E-state index contributed by atoms with van der Waals surface area (Å²) in [5, 5.41) is 8.43. The van der Waals surface area contributed by atoms with Gasteiger partial charge in [0.15, 0.2) is 5.82 Å². The van der Waals surface area contributed by atoms with Crippen LogP contribution in [0.4, 0.5) is 10.8 Å². The van der Waals surface area contributed by atoms with Crippen LogP contribution in [0.5, 0.6) is 5.75 Å². The van der Waals surface area contributed by atoms with E-state index in [1.54, 1.807) is 13.3 Å². The van der Waals surface area contributed by atoms with Crippen molar-refractivity contribution in [1.82, 2.24) is 19.1 Å². The lowest BCUT2D eigenvalue weighted by Crippen LogP contribution is -1.99. The summed E-state index contributed by atoms with van der Waals surface area (Å²) >= 11 is 1.33. The van der Waals surface area contributed by atoms with E-state index in [0.717, 1.165) is 27.7 Å². The number of benzene rings is 2. The molecule has 0 fully saturated rings. The van der Waals surface area contributed by atoms with Gasteiger partial charge in [-0.05, 0) is 29.8 Å². The van der Waals surface area contributed by atoms with Crippen LogP contribution in [0, 0.1) is 0 Å². The molecule has 0 spiro atoms. The largest absolute Gasteiger partial charge is 0.497 e. The molecule has 0 amide bonds. The van der Waals surface area contributed by atoms with Gasteiger partial charge in [-0.25, -0.2) is 0 Å². The summed E-state index contributed by atoms with van der Waals surface area (Å²) in [6.45, 7) is 0.684. The molecule has 4 aromatic rings. The summed E-state index contributed by atoms with van der Waals surface area (Å²) in [5.41, 5.74) is 3.04. The highest BCUT2D eigenvalue weighted by molar-refractivity contribution is 7.09. The fourth-order valence-corrected chi connectivity index (χ4v) is 3.13. The van der Waals surface area contributed by atoms with Crippen LogP contribution in [-0.2, 0) is 6.54 Å². The van der Waals surface area contributed by atoms with E-state index >= 15 is 0 Å². The quantitative estimate of drug-likeness (QED) is 0.556. The van der Waals surface area contributed by atoms with Gasteiger partial charge in [-0.1, -0.05) is 30.3 Å². The van der Waals surface area contributed by atoms with Gasteiger partial charge in [-0.3, -0.25) is 4.68 Å². The maximum atomic E-state index is 5.18. The molecular weight excluding hydrogens is 346 g/mol. The van der Waals surface area contributed by atoms with Crippen molar-refractivity contribution in [2.45, 2.75) is 6.54 Å². The Labute approximate surface area is 155 Å². The van der Waals surface area contributed by atoms with E-state index in [0.29, 0.717) is 12.4 Å². The van der Waals surface area contributed by atoms with Crippen LogP contribution in [0.2, 0.25) is 0 Å². The van der Waals surface area contributed by atoms with Crippen LogP contribution >= 0.6 is 11.5 Å². The van der Waals surface area contributed by atoms with Crippen molar-refractivity contribution in [3.05, 3.63) is 72.6 Å². The minimum atomic E-state index is 0.675. The molecule has 2 heterocycles. The first-order valence-electron chi connectivity index (χ1n) is 8.12. The molecule has 1 N–H and O–H groups in total. The first-order valence-corrected chi connectivity index (χ1v) is 8.89.